The third kappa shape index (κ3) is 5.96. The number of rotatable bonds is 5. The number of β-amino-alcohol motifs (C(OH)–C–C–N with tert-alkyl or cyclic N) is 1. The Kier molecular flexibility index (Phi) is 6.32. The quantitative estimate of drug-likeness (QED) is 0.894. The van der Waals surface area contributed by atoms with Gasteiger partial charge < -0.3 is 14.7 Å². The molecule has 130 valence electrons. The van der Waals surface area contributed by atoms with E-state index in [-0.39, 0.29) is 5.60 Å². The predicted molar refractivity (Wildman–Crippen MR) is 96.6 cm³/mol. The van der Waals surface area contributed by atoms with Crippen LogP contribution in [0.25, 0.3) is 0 Å². The van der Waals surface area contributed by atoms with Crippen molar-refractivity contribution in [3.05, 3.63) is 28.8 Å². The third-order valence-electron chi connectivity index (χ3n) is 4.06. The van der Waals surface area contributed by atoms with Gasteiger partial charge in [0.05, 0.1) is 18.3 Å². The summed E-state index contributed by atoms with van der Waals surface area (Å²) in [4.78, 5) is 4.67. The summed E-state index contributed by atoms with van der Waals surface area (Å²) in [7, 11) is 0. The zero-order valence-electron chi connectivity index (χ0n) is 14.7. The van der Waals surface area contributed by atoms with Gasteiger partial charge in [0.1, 0.15) is 0 Å². The van der Waals surface area contributed by atoms with E-state index in [0.717, 1.165) is 31.2 Å². The highest BCUT2D eigenvalue weighted by molar-refractivity contribution is 6.30. The highest BCUT2D eigenvalue weighted by atomic mass is 35.5. The molecule has 1 aliphatic heterocycles. The molecule has 0 saturated carbocycles. The number of benzene rings is 1. The van der Waals surface area contributed by atoms with Crippen molar-refractivity contribution in [3.8, 4) is 0 Å². The molecule has 1 aromatic carbocycles. The summed E-state index contributed by atoms with van der Waals surface area (Å²) in [6.45, 7) is 13.0. The van der Waals surface area contributed by atoms with Crippen LogP contribution in [0.2, 0.25) is 5.02 Å². The van der Waals surface area contributed by atoms with Crippen LogP contribution in [0, 0.1) is 6.92 Å². The number of aliphatic hydroxyl groups is 1. The van der Waals surface area contributed by atoms with Gasteiger partial charge in [0.2, 0.25) is 0 Å². The Hall–Kier alpha value is -0.810. The van der Waals surface area contributed by atoms with Crippen molar-refractivity contribution in [2.75, 3.05) is 44.2 Å². The topological polar surface area (TPSA) is 35.9 Å². The van der Waals surface area contributed by atoms with E-state index in [1.807, 2.05) is 32.9 Å². The molecule has 0 spiro atoms. The second-order valence-electron chi connectivity index (χ2n) is 7.30. The zero-order chi connectivity index (χ0) is 17.0. The molecule has 0 radical (unpaired) electrons. The van der Waals surface area contributed by atoms with Gasteiger partial charge in [-0.2, -0.15) is 0 Å². The monoisotopic (exact) mass is 340 g/mol. The summed E-state index contributed by atoms with van der Waals surface area (Å²) in [6.07, 6.45) is -0.436. The molecule has 0 bridgehead atoms. The molecule has 0 aliphatic carbocycles. The van der Waals surface area contributed by atoms with Gasteiger partial charge in [-0.1, -0.05) is 17.7 Å². The van der Waals surface area contributed by atoms with Crippen molar-refractivity contribution >= 4 is 17.3 Å². The Morgan fingerprint density at radius 3 is 2.48 bits per heavy atom. The van der Waals surface area contributed by atoms with Crippen LogP contribution in [0.1, 0.15) is 26.3 Å². The van der Waals surface area contributed by atoms with Crippen molar-refractivity contribution in [1.29, 1.82) is 0 Å². The number of aryl methyl sites for hydroxylation is 1. The molecule has 1 fully saturated rings. The summed E-state index contributed by atoms with van der Waals surface area (Å²) < 4.78 is 5.65. The lowest BCUT2D eigenvalue weighted by atomic mass is 10.1. The van der Waals surface area contributed by atoms with E-state index in [1.54, 1.807) is 0 Å². The molecule has 5 heteroatoms. The first-order chi connectivity index (χ1) is 10.7. The van der Waals surface area contributed by atoms with Gasteiger partial charge in [-0.05, 0) is 45.4 Å². The number of hydrogen-bond acceptors (Lipinski definition) is 4. The van der Waals surface area contributed by atoms with Crippen LogP contribution in [0.15, 0.2) is 18.2 Å². The van der Waals surface area contributed by atoms with E-state index in [9.17, 15) is 5.11 Å². The lowest BCUT2D eigenvalue weighted by Gasteiger charge is -2.37. The van der Waals surface area contributed by atoms with Crippen molar-refractivity contribution in [1.82, 2.24) is 4.90 Å². The Labute approximate surface area is 145 Å². The van der Waals surface area contributed by atoms with E-state index in [0.29, 0.717) is 13.2 Å². The fourth-order valence-electron chi connectivity index (χ4n) is 2.79. The number of aliphatic hydroxyl groups excluding tert-OH is 1. The summed E-state index contributed by atoms with van der Waals surface area (Å²) in [6, 6.07) is 6.04. The molecule has 1 N–H and O–H groups in total. The number of ether oxygens (including phenoxy) is 1. The standard InChI is InChI=1S/C18H29ClN2O2/c1-14-5-6-15(19)11-17(14)21-9-7-20(8-10-21)12-16(22)13-23-18(2,3)4/h5-6,11,16,22H,7-10,12-13H2,1-4H3. The van der Waals surface area contributed by atoms with E-state index < -0.39 is 6.10 Å². The fourth-order valence-corrected chi connectivity index (χ4v) is 2.96. The molecule has 23 heavy (non-hydrogen) atoms. The summed E-state index contributed by atoms with van der Waals surface area (Å²) in [5.41, 5.74) is 2.26. The van der Waals surface area contributed by atoms with Crippen LogP contribution < -0.4 is 4.90 Å². The molecule has 1 saturated heterocycles. The SMILES string of the molecule is Cc1ccc(Cl)cc1N1CCN(CC(O)COC(C)(C)C)CC1. The predicted octanol–water partition coefficient (Wildman–Crippen LogP) is 2.95. The summed E-state index contributed by atoms with van der Waals surface area (Å²) >= 11 is 6.12. The maximum atomic E-state index is 10.1. The Bertz CT molecular complexity index is 508. The van der Waals surface area contributed by atoms with E-state index in [2.05, 4.69) is 22.8 Å². The minimum absolute atomic E-state index is 0.205. The smallest absolute Gasteiger partial charge is 0.0900 e. The van der Waals surface area contributed by atoms with Crippen molar-refractivity contribution in [2.45, 2.75) is 39.4 Å². The number of anilines is 1. The largest absolute Gasteiger partial charge is 0.389 e. The summed E-state index contributed by atoms with van der Waals surface area (Å²) in [5, 5.41) is 10.9. The maximum Gasteiger partial charge on any atom is 0.0900 e. The Morgan fingerprint density at radius 1 is 1.22 bits per heavy atom. The first-order valence-corrected chi connectivity index (χ1v) is 8.68. The molecular weight excluding hydrogens is 312 g/mol. The second kappa shape index (κ2) is 7.84. The van der Waals surface area contributed by atoms with Gasteiger partial charge >= 0.3 is 0 Å². The fraction of sp³-hybridized carbons (Fsp3) is 0.667. The minimum Gasteiger partial charge on any atom is -0.389 e. The number of halogens is 1. The molecule has 4 nitrogen and oxygen atoms in total. The number of nitrogens with zero attached hydrogens (tertiary/aromatic N) is 2. The highest BCUT2D eigenvalue weighted by Crippen LogP contribution is 2.25. The summed E-state index contributed by atoms with van der Waals surface area (Å²) in [5.74, 6) is 0. The van der Waals surface area contributed by atoms with Crippen LogP contribution in [-0.2, 0) is 4.74 Å². The van der Waals surface area contributed by atoms with Gasteiger partial charge in [-0.3, -0.25) is 4.90 Å². The lowest BCUT2D eigenvalue weighted by Crippen LogP contribution is -2.49. The first-order valence-electron chi connectivity index (χ1n) is 8.30. The van der Waals surface area contributed by atoms with Crippen molar-refractivity contribution in [3.63, 3.8) is 0 Å². The van der Waals surface area contributed by atoms with Crippen LogP contribution in [0.4, 0.5) is 5.69 Å². The van der Waals surface area contributed by atoms with E-state index in [1.165, 1.54) is 11.3 Å². The zero-order valence-corrected chi connectivity index (χ0v) is 15.4. The highest BCUT2D eigenvalue weighted by Gasteiger charge is 2.21. The molecule has 1 aromatic rings. The molecule has 0 aromatic heterocycles. The van der Waals surface area contributed by atoms with Crippen molar-refractivity contribution in [2.24, 2.45) is 0 Å². The van der Waals surface area contributed by atoms with Crippen LogP contribution in [-0.4, -0.2) is 61.0 Å². The van der Waals surface area contributed by atoms with Crippen LogP contribution >= 0.6 is 11.6 Å². The van der Waals surface area contributed by atoms with Crippen LogP contribution in [0.3, 0.4) is 0 Å². The van der Waals surface area contributed by atoms with Crippen molar-refractivity contribution < 1.29 is 9.84 Å². The lowest BCUT2D eigenvalue weighted by molar-refractivity contribution is -0.0563. The molecule has 1 aliphatic rings. The van der Waals surface area contributed by atoms with Gasteiger partial charge in [0.15, 0.2) is 0 Å². The van der Waals surface area contributed by atoms with Gasteiger partial charge in [-0.25, -0.2) is 0 Å². The second-order valence-corrected chi connectivity index (χ2v) is 7.73. The average molecular weight is 341 g/mol. The minimum atomic E-state index is -0.436. The molecule has 2 rings (SSSR count). The normalized spacial score (nSPS) is 18.3. The van der Waals surface area contributed by atoms with E-state index >= 15 is 0 Å². The molecule has 0 amide bonds. The van der Waals surface area contributed by atoms with E-state index in [4.69, 9.17) is 16.3 Å². The number of hydrogen-bond donors (Lipinski definition) is 1. The van der Waals surface area contributed by atoms with Gasteiger partial charge in [0.25, 0.3) is 0 Å². The Balaban J connectivity index is 1.81. The molecular formula is C18H29ClN2O2. The van der Waals surface area contributed by atoms with Crippen LogP contribution in [0.5, 0.6) is 0 Å². The number of piperazine rings is 1. The average Bonchev–Trinajstić information content (AvgIpc) is 2.48. The maximum absolute atomic E-state index is 10.1. The van der Waals surface area contributed by atoms with Gasteiger partial charge in [-0.15, -0.1) is 0 Å². The third-order valence-corrected chi connectivity index (χ3v) is 4.30. The van der Waals surface area contributed by atoms with Gasteiger partial charge in [0, 0.05) is 43.4 Å². The first kappa shape index (κ1) is 18.5. The Morgan fingerprint density at radius 2 is 1.87 bits per heavy atom. The molecule has 1 atom stereocenters. The molecule has 1 heterocycles. The molecule has 1 unspecified atom stereocenters.